The van der Waals surface area contributed by atoms with Gasteiger partial charge in [-0.2, -0.15) is 0 Å². The number of esters is 1. The molecule has 0 aliphatic carbocycles. The summed E-state index contributed by atoms with van der Waals surface area (Å²) in [7, 11) is 1.40. The summed E-state index contributed by atoms with van der Waals surface area (Å²) in [5, 5.41) is 9.87. The molecule has 3 rings (SSSR count). The van der Waals surface area contributed by atoms with Gasteiger partial charge >= 0.3 is 5.97 Å². The average Bonchev–Trinajstić information content (AvgIpc) is 2.87. The lowest BCUT2D eigenvalue weighted by Gasteiger charge is -2.31. The molecule has 1 fully saturated rings. The molecule has 0 spiro atoms. The van der Waals surface area contributed by atoms with E-state index in [1.54, 1.807) is 0 Å². The number of hydrogen-bond acceptors (Lipinski definition) is 5. The van der Waals surface area contributed by atoms with Crippen LogP contribution in [0.15, 0.2) is 24.3 Å². The van der Waals surface area contributed by atoms with Crippen LogP contribution < -0.4 is 4.74 Å². The maximum Gasteiger partial charge on any atom is 0.323 e. The number of fused-ring (bicyclic) bond motifs is 1. The van der Waals surface area contributed by atoms with Crippen molar-refractivity contribution in [2.75, 3.05) is 26.8 Å². The first-order valence-electron chi connectivity index (χ1n) is 7.40. The molecule has 1 N–H and O–H groups in total. The van der Waals surface area contributed by atoms with E-state index < -0.39 is 6.10 Å². The maximum atomic E-state index is 11.9. The van der Waals surface area contributed by atoms with Gasteiger partial charge in [-0.05, 0) is 18.1 Å². The first kappa shape index (κ1) is 14.4. The van der Waals surface area contributed by atoms with Crippen LogP contribution in [0.5, 0.6) is 5.75 Å². The normalized spacial score (nSPS) is 28.8. The van der Waals surface area contributed by atoms with Crippen LogP contribution in [-0.4, -0.2) is 54.9 Å². The van der Waals surface area contributed by atoms with Crippen molar-refractivity contribution in [3.05, 3.63) is 29.8 Å². The molecule has 0 amide bonds. The van der Waals surface area contributed by atoms with Gasteiger partial charge in [-0.1, -0.05) is 18.2 Å². The number of para-hydroxylation sites is 1. The molecular weight excluding hydrogens is 270 g/mol. The number of nitrogens with zero attached hydrogens (tertiary/aromatic N) is 1. The van der Waals surface area contributed by atoms with Crippen molar-refractivity contribution in [3.63, 3.8) is 0 Å². The highest BCUT2D eigenvalue weighted by Gasteiger charge is 2.38. The Bertz CT molecular complexity index is 519. The monoisotopic (exact) mass is 291 g/mol. The highest BCUT2D eigenvalue weighted by atomic mass is 16.5. The highest BCUT2D eigenvalue weighted by molar-refractivity contribution is 5.76. The summed E-state index contributed by atoms with van der Waals surface area (Å²) in [5.41, 5.74) is 1.19. The maximum absolute atomic E-state index is 11.9. The number of aliphatic hydroxyl groups is 1. The van der Waals surface area contributed by atoms with Crippen molar-refractivity contribution in [2.45, 2.75) is 30.9 Å². The predicted molar refractivity (Wildman–Crippen MR) is 77.3 cm³/mol. The molecule has 5 nitrogen and oxygen atoms in total. The van der Waals surface area contributed by atoms with E-state index in [4.69, 9.17) is 9.47 Å². The van der Waals surface area contributed by atoms with Crippen LogP contribution in [-0.2, 0) is 9.53 Å². The molecule has 3 atom stereocenters. The van der Waals surface area contributed by atoms with Crippen molar-refractivity contribution in [3.8, 4) is 5.75 Å². The number of methoxy groups -OCH3 is 1. The number of carbonyl (C=O) groups is 1. The fourth-order valence-electron chi connectivity index (χ4n) is 3.35. The summed E-state index contributed by atoms with van der Waals surface area (Å²) in [6.45, 7) is 1.97. The second-order valence-electron chi connectivity index (χ2n) is 5.75. The number of carbonyl (C=O) groups excluding carboxylic acids is 1. The molecular formula is C16H21NO4. The SMILES string of the molecule is COC(=O)C1CC(O)CN1CC1CCOc2ccccc21. The number of likely N-dealkylation sites (tertiary alicyclic amines) is 1. The van der Waals surface area contributed by atoms with Gasteiger partial charge in [-0.3, -0.25) is 9.69 Å². The van der Waals surface area contributed by atoms with Crippen molar-refractivity contribution >= 4 is 5.97 Å². The molecule has 2 aliphatic heterocycles. The van der Waals surface area contributed by atoms with Crippen molar-refractivity contribution in [1.82, 2.24) is 4.90 Å². The third kappa shape index (κ3) is 2.89. The number of ether oxygens (including phenoxy) is 2. The number of aliphatic hydroxyl groups excluding tert-OH is 1. The third-order valence-corrected chi connectivity index (χ3v) is 4.39. The molecule has 1 saturated heterocycles. The zero-order chi connectivity index (χ0) is 14.8. The Morgan fingerprint density at radius 3 is 3.10 bits per heavy atom. The fraction of sp³-hybridized carbons (Fsp3) is 0.562. The van der Waals surface area contributed by atoms with Crippen LogP contribution in [0.3, 0.4) is 0 Å². The Labute approximate surface area is 124 Å². The molecule has 5 heteroatoms. The topological polar surface area (TPSA) is 59.0 Å². The van der Waals surface area contributed by atoms with Crippen LogP contribution in [0, 0.1) is 0 Å². The molecule has 3 unspecified atom stereocenters. The molecule has 0 bridgehead atoms. The predicted octanol–water partition coefficient (Wildman–Crippen LogP) is 1.16. The minimum absolute atomic E-state index is 0.258. The van der Waals surface area contributed by atoms with Gasteiger partial charge in [0.2, 0.25) is 0 Å². The molecule has 2 aliphatic rings. The van der Waals surface area contributed by atoms with E-state index in [1.165, 1.54) is 12.7 Å². The van der Waals surface area contributed by atoms with E-state index in [2.05, 4.69) is 6.07 Å². The van der Waals surface area contributed by atoms with Crippen molar-refractivity contribution < 1.29 is 19.4 Å². The smallest absolute Gasteiger partial charge is 0.323 e. The summed E-state index contributed by atoms with van der Waals surface area (Å²) in [6.07, 6.45) is 0.930. The third-order valence-electron chi connectivity index (χ3n) is 4.39. The average molecular weight is 291 g/mol. The zero-order valence-corrected chi connectivity index (χ0v) is 12.2. The minimum Gasteiger partial charge on any atom is -0.493 e. The van der Waals surface area contributed by atoms with Gasteiger partial charge in [0.1, 0.15) is 11.8 Å². The molecule has 114 valence electrons. The Morgan fingerprint density at radius 1 is 1.48 bits per heavy atom. The Hall–Kier alpha value is -1.59. The first-order valence-corrected chi connectivity index (χ1v) is 7.40. The van der Waals surface area contributed by atoms with Gasteiger partial charge in [0.25, 0.3) is 0 Å². The van der Waals surface area contributed by atoms with Crippen molar-refractivity contribution in [1.29, 1.82) is 0 Å². The van der Waals surface area contributed by atoms with Gasteiger partial charge in [-0.15, -0.1) is 0 Å². The van der Waals surface area contributed by atoms with Crippen molar-refractivity contribution in [2.24, 2.45) is 0 Å². The Balaban J connectivity index is 1.76. The molecule has 1 aromatic rings. The van der Waals surface area contributed by atoms with Gasteiger partial charge in [0, 0.05) is 25.4 Å². The zero-order valence-electron chi connectivity index (χ0n) is 12.2. The molecule has 0 saturated carbocycles. The second kappa shape index (κ2) is 6.03. The molecule has 1 aromatic carbocycles. The number of hydrogen-bond donors (Lipinski definition) is 1. The Morgan fingerprint density at radius 2 is 2.29 bits per heavy atom. The summed E-state index contributed by atoms with van der Waals surface area (Å²) < 4.78 is 10.5. The van der Waals surface area contributed by atoms with Gasteiger partial charge in [0.15, 0.2) is 0 Å². The first-order chi connectivity index (χ1) is 10.2. The fourth-order valence-corrected chi connectivity index (χ4v) is 3.35. The lowest BCUT2D eigenvalue weighted by Crippen LogP contribution is -2.40. The second-order valence-corrected chi connectivity index (χ2v) is 5.75. The van der Waals surface area contributed by atoms with Crippen LogP contribution in [0.2, 0.25) is 0 Å². The van der Waals surface area contributed by atoms with Gasteiger partial charge < -0.3 is 14.6 Å². The highest BCUT2D eigenvalue weighted by Crippen LogP contribution is 2.35. The molecule has 21 heavy (non-hydrogen) atoms. The molecule has 0 aromatic heterocycles. The number of benzene rings is 1. The summed E-state index contributed by atoms with van der Waals surface area (Å²) in [6, 6.07) is 7.71. The van der Waals surface area contributed by atoms with E-state index in [9.17, 15) is 9.90 Å². The molecule has 0 radical (unpaired) electrons. The van der Waals surface area contributed by atoms with Gasteiger partial charge in [0.05, 0.1) is 19.8 Å². The van der Waals surface area contributed by atoms with Gasteiger partial charge in [-0.25, -0.2) is 0 Å². The number of β-amino-alcohol motifs (C(OH)–C–C–N with tert-alkyl or cyclic N) is 1. The lowest BCUT2D eigenvalue weighted by molar-refractivity contribution is -0.146. The quantitative estimate of drug-likeness (QED) is 0.847. The minimum atomic E-state index is -0.454. The van der Waals surface area contributed by atoms with Crippen LogP contribution in [0.4, 0.5) is 0 Å². The lowest BCUT2D eigenvalue weighted by atomic mass is 9.92. The van der Waals surface area contributed by atoms with Crippen LogP contribution in [0.1, 0.15) is 24.3 Å². The van der Waals surface area contributed by atoms with Crippen LogP contribution >= 0.6 is 0 Å². The summed E-state index contributed by atoms with van der Waals surface area (Å²) in [5.74, 6) is 1.00. The largest absolute Gasteiger partial charge is 0.493 e. The van der Waals surface area contributed by atoms with E-state index >= 15 is 0 Å². The number of rotatable bonds is 3. The Kier molecular flexibility index (Phi) is 4.12. The van der Waals surface area contributed by atoms with E-state index in [0.29, 0.717) is 25.5 Å². The summed E-state index contributed by atoms with van der Waals surface area (Å²) >= 11 is 0. The van der Waals surface area contributed by atoms with E-state index in [1.807, 2.05) is 23.1 Å². The molecule has 2 heterocycles. The summed E-state index contributed by atoms with van der Waals surface area (Å²) in [4.78, 5) is 13.9. The standard InChI is InChI=1S/C16H21NO4/c1-20-16(19)14-8-12(18)10-17(14)9-11-6-7-21-15-5-3-2-4-13(11)15/h2-5,11-12,14,18H,6-10H2,1H3. The van der Waals surface area contributed by atoms with E-state index in [-0.39, 0.29) is 12.0 Å². The van der Waals surface area contributed by atoms with E-state index in [0.717, 1.165) is 18.7 Å². The van der Waals surface area contributed by atoms with Crippen LogP contribution in [0.25, 0.3) is 0 Å².